The van der Waals surface area contributed by atoms with Crippen molar-refractivity contribution in [3.05, 3.63) is 16.8 Å². The number of anilines is 1. The minimum atomic E-state index is -5.79. The number of nitrogens with zero attached hydrogens (tertiary/aromatic N) is 3. The van der Waals surface area contributed by atoms with Crippen molar-refractivity contribution in [2.75, 3.05) is 5.73 Å². The van der Waals surface area contributed by atoms with Crippen LogP contribution in [0, 0.1) is 11.3 Å². The molecule has 2 heterocycles. The molecule has 1 aromatic heterocycles. The van der Waals surface area contributed by atoms with E-state index < -0.39 is 65.2 Å². The highest BCUT2D eigenvalue weighted by Gasteiger charge is 2.57. The van der Waals surface area contributed by atoms with Gasteiger partial charge in [-0.05, 0) is 18.5 Å². The minimum absolute atomic E-state index is 0.390. The molecule has 2 rings (SSSR count). The molecule has 1 aromatic rings. The first kappa shape index (κ1) is 28.0. The molecule has 0 aromatic carbocycles. The molecule has 1 saturated heterocycles. The molecule has 0 aliphatic carbocycles. The van der Waals surface area contributed by atoms with Gasteiger partial charge in [0.05, 0.1) is 6.10 Å². The molecule has 1 aliphatic rings. The Morgan fingerprint density at radius 2 is 1.88 bits per heavy atom. The van der Waals surface area contributed by atoms with Crippen LogP contribution in [0.4, 0.5) is 5.95 Å². The van der Waals surface area contributed by atoms with Crippen LogP contribution in [-0.2, 0) is 31.6 Å². The number of phosphoric acid groups is 3. The Bertz CT molecular complexity index is 1160. The molecular weight excluding hydrogens is 539 g/mol. The summed E-state index contributed by atoms with van der Waals surface area (Å²) in [6.07, 6.45) is -5.99. The summed E-state index contributed by atoms with van der Waals surface area (Å²) >= 11 is 5.39. The van der Waals surface area contributed by atoms with Gasteiger partial charge in [0.15, 0.2) is 11.8 Å². The predicted octanol–water partition coefficient (Wildman–Crippen LogP) is -1.89. The molecule has 0 bridgehead atoms. The first-order valence-electron chi connectivity index (χ1n) is 8.19. The van der Waals surface area contributed by atoms with E-state index in [1.807, 2.05) is 5.38 Å². The van der Waals surface area contributed by atoms with E-state index in [2.05, 4.69) is 29.0 Å². The van der Waals surface area contributed by atoms with Crippen LogP contribution in [-0.4, -0.2) is 63.1 Å². The SMILES string of the molecule is C[C@H](OP(=O)(O)OP(=O)(O)OP(=O)(O)O)[C@H]1O[C@@H](n2cnc(N)nc2=O)C(N)(C#CCl)C1O. The van der Waals surface area contributed by atoms with Crippen LogP contribution in [0.1, 0.15) is 13.2 Å². The van der Waals surface area contributed by atoms with E-state index in [1.165, 1.54) is 0 Å². The molecule has 7 atom stereocenters. The van der Waals surface area contributed by atoms with Gasteiger partial charge in [0.25, 0.3) is 0 Å². The van der Waals surface area contributed by atoms with Gasteiger partial charge in [-0.15, -0.1) is 0 Å². The smallest absolute Gasteiger partial charge is 0.387 e. The fourth-order valence-corrected chi connectivity index (χ4v) is 6.08. The van der Waals surface area contributed by atoms with Crippen LogP contribution in [0.25, 0.3) is 0 Å². The highest BCUT2D eigenvalue weighted by atomic mass is 35.5. The van der Waals surface area contributed by atoms with Gasteiger partial charge in [0.1, 0.15) is 18.5 Å². The number of aromatic nitrogens is 3. The maximum Gasteiger partial charge on any atom is 0.490 e. The number of nitrogen functional groups attached to an aromatic ring is 1. The van der Waals surface area contributed by atoms with Gasteiger partial charge in [-0.25, -0.2) is 23.5 Å². The van der Waals surface area contributed by atoms with Crippen molar-refractivity contribution in [3.63, 3.8) is 0 Å². The zero-order valence-electron chi connectivity index (χ0n) is 16.1. The van der Waals surface area contributed by atoms with Gasteiger partial charge in [0, 0.05) is 5.38 Å². The molecule has 0 radical (unpaired) electrons. The van der Waals surface area contributed by atoms with Gasteiger partial charge in [-0.2, -0.15) is 13.6 Å². The van der Waals surface area contributed by atoms with Crippen LogP contribution < -0.4 is 17.2 Å². The second-order valence-corrected chi connectivity index (χ2v) is 10.9. The van der Waals surface area contributed by atoms with Gasteiger partial charge in [-0.3, -0.25) is 9.09 Å². The average Bonchev–Trinajstić information content (AvgIpc) is 2.83. The molecule has 9 N–H and O–H groups in total. The summed E-state index contributed by atoms with van der Waals surface area (Å²) in [6.45, 7) is 1.02. The lowest BCUT2D eigenvalue weighted by Gasteiger charge is -2.28. The molecule has 18 nitrogen and oxygen atoms in total. The van der Waals surface area contributed by atoms with Crippen LogP contribution >= 0.6 is 35.1 Å². The number of phosphoric ester groups is 1. The lowest BCUT2D eigenvalue weighted by Crippen LogP contribution is -2.55. The fraction of sp³-hybridized carbons (Fsp3) is 0.545. The quantitative estimate of drug-likeness (QED) is 0.136. The van der Waals surface area contributed by atoms with E-state index in [0.29, 0.717) is 4.57 Å². The Hall–Kier alpha value is -1.25. The molecule has 1 aliphatic heterocycles. The molecule has 0 amide bonds. The Morgan fingerprint density at radius 3 is 2.39 bits per heavy atom. The summed E-state index contributed by atoms with van der Waals surface area (Å²) in [5.74, 6) is 1.84. The summed E-state index contributed by atoms with van der Waals surface area (Å²) in [4.78, 5) is 55.2. The zero-order valence-corrected chi connectivity index (χ0v) is 19.5. The van der Waals surface area contributed by atoms with Gasteiger partial charge < -0.3 is 40.9 Å². The topological polar surface area (TPSA) is 289 Å². The molecule has 22 heteroatoms. The summed E-state index contributed by atoms with van der Waals surface area (Å²) < 4.78 is 52.2. The number of rotatable bonds is 8. The standard InChI is InChI=1S/C11H17ClN5O13P3/c1-5(28-32(23,24)30-33(25,26)29-31(20,21)22)6-7(18)11(14,2-3-12)8(27-6)17-4-15-9(13)16-10(17)19/h4-8,18H,14H2,1H3,(H,23,24)(H,25,26)(H2,13,16,19)(H2,20,21,22)/t5-,6+,7?,8+,11?/m0/s1. The largest absolute Gasteiger partial charge is 0.490 e. The third-order valence-electron chi connectivity index (χ3n) is 3.94. The first-order chi connectivity index (χ1) is 14.9. The second kappa shape index (κ2) is 9.78. The number of halogens is 1. The van der Waals surface area contributed by atoms with Crippen molar-refractivity contribution in [1.82, 2.24) is 14.5 Å². The van der Waals surface area contributed by atoms with Crippen molar-refractivity contribution < 1.29 is 56.3 Å². The van der Waals surface area contributed by atoms with Crippen molar-refractivity contribution in [1.29, 1.82) is 0 Å². The molecule has 4 unspecified atom stereocenters. The van der Waals surface area contributed by atoms with Crippen molar-refractivity contribution >= 4 is 41.0 Å². The first-order valence-corrected chi connectivity index (χ1v) is 13.1. The van der Waals surface area contributed by atoms with Crippen LogP contribution in [0.15, 0.2) is 11.1 Å². The molecule has 186 valence electrons. The summed E-state index contributed by atoms with van der Waals surface area (Å²) in [6, 6.07) is 0. The fourth-order valence-electron chi connectivity index (χ4n) is 2.72. The van der Waals surface area contributed by atoms with E-state index in [0.717, 1.165) is 13.3 Å². The Labute approximate surface area is 188 Å². The maximum absolute atomic E-state index is 12.2. The number of aliphatic hydroxyl groups is 1. The van der Waals surface area contributed by atoms with Crippen molar-refractivity contribution in [2.45, 2.75) is 37.0 Å². The van der Waals surface area contributed by atoms with E-state index >= 15 is 0 Å². The van der Waals surface area contributed by atoms with E-state index in [-0.39, 0.29) is 0 Å². The van der Waals surface area contributed by atoms with Crippen molar-refractivity contribution in [2.24, 2.45) is 5.73 Å². The Balaban J connectivity index is 2.31. The summed E-state index contributed by atoms with van der Waals surface area (Å²) in [5, 5.41) is 12.6. The highest BCUT2D eigenvalue weighted by Crippen LogP contribution is 2.66. The molecule has 0 spiro atoms. The van der Waals surface area contributed by atoms with Crippen LogP contribution in [0.3, 0.4) is 0 Å². The molecule has 0 saturated carbocycles. The normalized spacial score (nSPS) is 30.0. The van der Waals surface area contributed by atoms with Gasteiger partial charge in [-0.1, -0.05) is 5.92 Å². The number of ether oxygens (including phenoxy) is 1. The van der Waals surface area contributed by atoms with Gasteiger partial charge >= 0.3 is 29.2 Å². The number of hydrogen-bond donors (Lipinski definition) is 7. The zero-order chi connectivity index (χ0) is 25.4. The number of hydrogen-bond acceptors (Lipinski definition) is 13. The number of aliphatic hydroxyl groups excluding tert-OH is 1. The average molecular weight is 556 g/mol. The lowest BCUT2D eigenvalue weighted by molar-refractivity contribution is -0.0757. The maximum atomic E-state index is 12.2. The third-order valence-corrected chi connectivity index (χ3v) is 7.96. The van der Waals surface area contributed by atoms with Gasteiger partial charge in [0.2, 0.25) is 5.95 Å². The Kier molecular flexibility index (Phi) is 8.30. The second-order valence-electron chi connectivity index (χ2n) is 6.36. The summed E-state index contributed by atoms with van der Waals surface area (Å²) in [7, 11) is -17.0. The molecule has 1 fully saturated rings. The molecule has 33 heavy (non-hydrogen) atoms. The van der Waals surface area contributed by atoms with Crippen molar-refractivity contribution in [3.8, 4) is 11.3 Å². The molecular formula is C11H17ClN5O13P3. The predicted molar refractivity (Wildman–Crippen MR) is 106 cm³/mol. The van der Waals surface area contributed by atoms with Crippen LogP contribution in [0.5, 0.6) is 0 Å². The van der Waals surface area contributed by atoms with Crippen LogP contribution in [0.2, 0.25) is 0 Å². The van der Waals surface area contributed by atoms with E-state index in [9.17, 15) is 33.4 Å². The highest BCUT2D eigenvalue weighted by molar-refractivity contribution is 7.66. The van der Waals surface area contributed by atoms with E-state index in [1.54, 1.807) is 0 Å². The summed E-state index contributed by atoms with van der Waals surface area (Å²) in [5.41, 5.74) is 8.23. The minimum Gasteiger partial charge on any atom is -0.387 e. The number of nitrogens with two attached hydrogens (primary N) is 2. The third kappa shape index (κ3) is 6.89. The lowest BCUT2D eigenvalue weighted by atomic mass is 9.90. The Morgan fingerprint density at radius 1 is 1.27 bits per heavy atom. The monoisotopic (exact) mass is 555 g/mol. The van der Waals surface area contributed by atoms with E-state index in [4.69, 9.17) is 37.6 Å².